The zero-order valence-corrected chi connectivity index (χ0v) is 10.7. The maximum atomic E-state index is 11.5. The number of benzene rings is 1. The lowest BCUT2D eigenvalue weighted by atomic mass is 10.1. The van der Waals surface area contributed by atoms with Crippen LogP contribution in [0.25, 0.3) is 0 Å². The molecule has 0 aliphatic carbocycles. The van der Waals surface area contributed by atoms with E-state index in [1.54, 1.807) is 24.3 Å². The van der Waals surface area contributed by atoms with Crippen molar-refractivity contribution in [2.75, 3.05) is 11.9 Å². The largest absolute Gasteiger partial charge is 0.391 e. The Morgan fingerprint density at radius 1 is 1.47 bits per heavy atom. The van der Waals surface area contributed by atoms with Gasteiger partial charge in [-0.05, 0) is 24.1 Å². The lowest BCUT2D eigenvalue weighted by molar-refractivity contribution is 0.126. The minimum absolute atomic E-state index is 0.112. The van der Waals surface area contributed by atoms with Gasteiger partial charge in [-0.1, -0.05) is 31.5 Å². The van der Waals surface area contributed by atoms with Gasteiger partial charge in [0.2, 0.25) is 0 Å². The number of urea groups is 1. The van der Waals surface area contributed by atoms with Crippen LogP contribution in [-0.4, -0.2) is 23.8 Å². The second kappa shape index (κ2) is 6.47. The predicted octanol–water partition coefficient (Wildman–Crippen LogP) is 2.48. The highest BCUT2D eigenvalue weighted by atomic mass is 35.5. The summed E-state index contributed by atoms with van der Waals surface area (Å²) in [7, 11) is 0. The number of rotatable bonds is 4. The van der Waals surface area contributed by atoms with Crippen molar-refractivity contribution in [1.29, 1.82) is 0 Å². The Bertz CT molecular complexity index is 383. The summed E-state index contributed by atoms with van der Waals surface area (Å²) in [5, 5.41) is 15.3. The zero-order valence-electron chi connectivity index (χ0n) is 9.90. The highest BCUT2D eigenvalue weighted by molar-refractivity contribution is 6.30. The molecule has 1 aromatic carbocycles. The van der Waals surface area contributed by atoms with Crippen molar-refractivity contribution in [1.82, 2.24) is 5.32 Å². The molecule has 3 N–H and O–H groups in total. The Morgan fingerprint density at radius 3 is 2.76 bits per heavy atom. The number of carbonyl (C=O) groups excluding carboxylic acids is 1. The zero-order chi connectivity index (χ0) is 12.8. The van der Waals surface area contributed by atoms with Gasteiger partial charge in [-0.3, -0.25) is 0 Å². The standard InChI is InChI=1S/C12H17ClN2O2/c1-8(2)11(16)7-14-12(17)15-10-5-3-4-9(13)6-10/h3-6,8,11,16H,7H2,1-2H3,(H2,14,15,17). The molecule has 0 spiro atoms. The first kappa shape index (κ1) is 13.8. The summed E-state index contributed by atoms with van der Waals surface area (Å²) in [4.78, 5) is 11.5. The second-order valence-electron chi connectivity index (χ2n) is 4.16. The van der Waals surface area contributed by atoms with Crippen LogP contribution in [0, 0.1) is 5.92 Å². The van der Waals surface area contributed by atoms with Crippen LogP contribution in [0.1, 0.15) is 13.8 Å². The van der Waals surface area contributed by atoms with E-state index >= 15 is 0 Å². The minimum Gasteiger partial charge on any atom is -0.391 e. The number of anilines is 1. The molecule has 1 aromatic rings. The molecule has 0 radical (unpaired) electrons. The first-order valence-electron chi connectivity index (χ1n) is 5.47. The van der Waals surface area contributed by atoms with Gasteiger partial charge in [-0.15, -0.1) is 0 Å². The van der Waals surface area contributed by atoms with Gasteiger partial charge in [0.25, 0.3) is 0 Å². The second-order valence-corrected chi connectivity index (χ2v) is 4.59. The molecule has 4 nitrogen and oxygen atoms in total. The Kier molecular flexibility index (Phi) is 5.25. The van der Waals surface area contributed by atoms with Crippen LogP contribution in [0.5, 0.6) is 0 Å². The number of nitrogens with one attached hydrogen (secondary N) is 2. The summed E-state index contributed by atoms with van der Waals surface area (Å²) in [5.41, 5.74) is 0.619. The van der Waals surface area contributed by atoms with Gasteiger partial charge in [-0.25, -0.2) is 4.79 Å². The molecule has 1 rings (SSSR count). The lowest BCUT2D eigenvalue weighted by Gasteiger charge is -2.15. The third kappa shape index (κ3) is 5.06. The van der Waals surface area contributed by atoms with E-state index in [-0.39, 0.29) is 18.5 Å². The summed E-state index contributed by atoms with van der Waals surface area (Å²) in [6.45, 7) is 4.01. The van der Waals surface area contributed by atoms with Crippen LogP contribution in [0.2, 0.25) is 5.02 Å². The van der Waals surface area contributed by atoms with E-state index < -0.39 is 6.10 Å². The maximum absolute atomic E-state index is 11.5. The highest BCUT2D eigenvalue weighted by Crippen LogP contribution is 2.14. The summed E-state index contributed by atoms with van der Waals surface area (Å²) >= 11 is 5.79. The topological polar surface area (TPSA) is 61.4 Å². The summed E-state index contributed by atoms with van der Waals surface area (Å²) in [6, 6.07) is 6.52. The molecular formula is C12H17ClN2O2. The summed E-state index contributed by atoms with van der Waals surface area (Å²) in [5.74, 6) is 0.112. The van der Waals surface area contributed by atoms with Crippen molar-refractivity contribution >= 4 is 23.3 Å². The van der Waals surface area contributed by atoms with Crippen LogP contribution in [0.3, 0.4) is 0 Å². The fraction of sp³-hybridized carbons (Fsp3) is 0.417. The highest BCUT2D eigenvalue weighted by Gasteiger charge is 2.10. The molecule has 1 atom stereocenters. The Morgan fingerprint density at radius 2 is 2.18 bits per heavy atom. The quantitative estimate of drug-likeness (QED) is 0.775. The molecule has 0 fully saturated rings. The normalized spacial score (nSPS) is 12.3. The third-order valence-corrected chi connectivity index (χ3v) is 2.56. The lowest BCUT2D eigenvalue weighted by Crippen LogP contribution is -2.37. The van der Waals surface area contributed by atoms with Gasteiger partial charge in [0.15, 0.2) is 0 Å². The first-order valence-corrected chi connectivity index (χ1v) is 5.85. The molecule has 0 heterocycles. The van der Waals surface area contributed by atoms with Crippen LogP contribution >= 0.6 is 11.6 Å². The van der Waals surface area contributed by atoms with Gasteiger partial charge in [0.1, 0.15) is 0 Å². The van der Waals surface area contributed by atoms with E-state index in [1.165, 1.54) is 0 Å². The smallest absolute Gasteiger partial charge is 0.319 e. The van der Waals surface area contributed by atoms with Crippen LogP contribution in [0.4, 0.5) is 10.5 Å². The molecule has 0 aromatic heterocycles. The molecule has 0 aliphatic rings. The molecule has 0 bridgehead atoms. The third-order valence-electron chi connectivity index (χ3n) is 2.32. The molecule has 0 aliphatic heterocycles. The van der Waals surface area contributed by atoms with Crippen molar-refractivity contribution in [3.8, 4) is 0 Å². The van der Waals surface area contributed by atoms with E-state index in [4.69, 9.17) is 11.6 Å². The minimum atomic E-state index is -0.542. The Hall–Kier alpha value is -1.26. The molecule has 0 saturated heterocycles. The average Bonchev–Trinajstić information content (AvgIpc) is 2.25. The number of amides is 2. The van der Waals surface area contributed by atoms with E-state index in [1.807, 2.05) is 13.8 Å². The predicted molar refractivity (Wildman–Crippen MR) is 69.3 cm³/mol. The molecule has 94 valence electrons. The fourth-order valence-electron chi connectivity index (χ4n) is 1.17. The number of halogens is 1. The van der Waals surface area contributed by atoms with Crippen molar-refractivity contribution in [2.45, 2.75) is 20.0 Å². The van der Waals surface area contributed by atoms with Crippen molar-refractivity contribution < 1.29 is 9.90 Å². The van der Waals surface area contributed by atoms with Crippen molar-refractivity contribution in [2.24, 2.45) is 5.92 Å². The first-order chi connectivity index (χ1) is 7.99. The fourth-order valence-corrected chi connectivity index (χ4v) is 1.36. The van der Waals surface area contributed by atoms with E-state index in [2.05, 4.69) is 10.6 Å². The number of aliphatic hydroxyl groups excluding tert-OH is 1. The van der Waals surface area contributed by atoms with Gasteiger partial charge in [0.05, 0.1) is 6.10 Å². The van der Waals surface area contributed by atoms with Crippen LogP contribution in [-0.2, 0) is 0 Å². The van der Waals surface area contributed by atoms with Crippen LogP contribution in [0.15, 0.2) is 24.3 Å². The van der Waals surface area contributed by atoms with Crippen molar-refractivity contribution in [3.05, 3.63) is 29.3 Å². The Balaban J connectivity index is 2.40. The molecular weight excluding hydrogens is 240 g/mol. The molecule has 17 heavy (non-hydrogen) atoms. The number of hydrogen-bond acceptors (Lipinski definition) is 2. The average molecular weight is 257 g/mol. The van der Waals surface area contributed by atoms with Crippen LogP contribution < -0.4 is 10.6 Å². The van der Waals surface area contributed by atoms with E-state index in [0.717, 1.165) is 0 Å². The molecule has 0 saturated carbocycles. The van der Waals surface area contributed by atoms with E-state index in [9.17, 15) is 9.90 Å². The Labute approximate surface area is 106 Å². The van der Waals surface area contributed by atoms with Gasteiger partial charge in [0, 0.05) is 17.3 Å². The monoisotopic (exact) mass is 256 g/mol. The maximum Gasteiger partial charge on any atom is 0.319 e. The molecule has 5 heteroatoms. The van der Waals surface area contributed by atoms with E-state index in [0.29, 0.717) is 10.7 Å². The number of hydrogen-bond donors (Lipinski definition) is 3. The van der Waals surface area contributed by atoms with Gasteiger partial charge in [-0.2, -0.15) is 0 Å². The summed E-state index contributed by atoms with van der Waals surface area (Å²) < 4.78 is 0. The van der Waals surface area contributed by atoms with Gasteiger partial charge < -0.3 is 15.7 Å². The number of carbonyl (C=O) groups is 1. The van der Waals surface area contributed by atoms with Gasteiger partial charge >= 0.3 is 6.03 Å². The number of aliphatic hydroxyl groups is 1. The van der Waals surface area contributed by atoms with Crippen molar-refractivity contribution in [3.63, 3.8) is 0 Å². The summed E-state index contributed by atoms with van der Waals surface area (Å²) in [6.07, 6.45) is -0.542. The molecule has 2 amide bonds. The molecule has 1 unspecified atom stereocenters. The SMILES string of the molecule is CC(C)C(O)CNC(=O)Nc1cccc(Cl)c1.